The molecule has 0 aliphatic rings. The van der Waals surface area contributed by atoms with Crippen molar-refractivity contribution in [3.05, 3.63) is 54.6 Å². The summed E-state index contributed by atoms with van der Waals surface area (Å²) >= 11 is 0. The second kappa shape index (κ2) is 7.24. The zero-order valence-electron chi connectivity index (χ0n) is 17.4. The Balaban J connectivity index is 1.65. The number of hydrogen-bond acceptors (Lipinski definition) is 6. The number of pyridine rings is 2. The van der Waals surface area contributed by atoms with Crippen LogP contribution in [0.4, 0.5) is 11.6 Å². The largest absolute Gasteiger partial charge is 0.323 e. The Hall–Kier alpha value is -3.35. The Kier molecular flexibility index (Phi) is 4.74. The van der Waals surface area contributed by atoms with Gasteiger partial charge in [-0.05, 0) is 56.5 Å². The molecule has 0 atom stereocenters. The van der Waals surface area contributed by atoms with Crippen LogP contribution in [0.15, 0.2) is 49.1 Å². The van der Waals surface area contributed by atoms with Gasteiger partial charge >= 0.3 is 0 Å². The van der Waals surface area contributed by atoms with Crippen molar-refractivity contribution < 1.29 is 0 Å². The molecule has 0 saturated heterocycles. The van der Waals surface area contributed by atoms with E-state index in [1.165, 1.54) is 0 Å². The first-order valence-electron chi connectivity index (χ1n) is 9.71. The first kappa shape index (κ1) is 19.0. The fraction of sp³-hybridized carbons (Fsp3) is 0.318. The molecular weight excluding hydrogens is 362 g/mol. The van der Waals surface area contributed by atoms with Gasteiger partial charge in [0.2, 0.25) is 0 Å². The number of nitrogens with zero attached hydrogens (tertiary/aromatic N) is 6. The third-order valence-electron chi connectivity index (χ3n) is 4.74. The van der Waals surface area contributed by atoms with Crippen molar-refractivity contribution >= 4 is 22.7 Å². The van der Waals surface area contributed by atoms with Gasteiger partial charge in [0.25, 0.3) is 0 Å². The van der Waals surface area contributed by atoms with Gasteiger partial charge in [-0.3, -0.25) is 9.67 Å². The van der Waals surface area contributed by atoms with Gasteiger partial charge in [0.15, 0.2) is 5.82 Å². The topological polar surface area (TPSA) is 81.4 Å². The van der Waals surface area contributed by atoms with Gasteiger partial charge in [0.05, 0.1) is 29.0 Å². The summed E-state index contributed by atoms with van der Waals surface area (Å²) < 4.78 is 1.96. The number of fused-ring (bicyclic) bond motifs is 1. The van der Waals surface area contributed by atoms with E-state index in [9.17, 15) is 0 Å². The van der Waals surface area contributed by atoms with Crippen molar-refractivity contribution in [3.8, 4) is 11.1 Å². The lowest BCUT2D eigenvalue weighted by atomic mass is 10.1. The van der Waals surface area contributed by atoms with Crippen molar-refractivity contribution in [1.82, 2.24) is 29.9 Å². The molecule has 0 aromatic carbocycles. The molecule has 7 heteroatoms. The second-order valence-corrected chi connectivity index (χ2v) is 8.46. The minimum absolute atomic E-state index is 0.0660. The lowest BCUT2D eigenvalue weighted by Gasteiger charge is -2.18. The smallest absolute Gasteiger partial charge is 0.154 e. The van der Waals surface area contributed by atoms with Gasteiger partial charge in [0, 0.05) is 23.5 Å². The first-order chi connectivity index (χ1) is 13.8. The molecule has 7 nitrogen and oxygen atoms in total. The van der Waals surface area contributed by atoms with E-state index < -0.39 is 0 Å². The predicted octanol–water partition coefficient (Wildman–Crippen LogP) is 4.91. The van der Waals surface area contributed by atoms with Crippen molar-refractivity contribution in [2.45, 2.75) is 46.1 Å². The summed E-state index contributed by atoms with van der Waals surface area (Å²) in [7, 11) is 0. The van der Waals surface area contributed by atoms with Crippen molar-refractivity contribution in [2.75, 3.05) is 5.32 Å². The van der Waals surface area contributed by atoms with Crippen LogP contribution < -0.4 is 5.32 Å². The molecule has 0 amide bonds. The lowest BCUT2D eigenvalue weighted by molar-refractivity contribution is 0.355. The van der Waals surface area contributed by atoms with Crippen LogP contribution in [0.5, 0.6) is 0 Å². The monoisotopic (exact) mass is 387 g/mol. The van der Waals surface area contributed by atoms with Crippen LogP contribution >= 0.6 is 0 Å². The lowest BCUT2D eigenvalue weighted by Crippen LogP contribution is -2.21. The average molecular weight is 387 g/mol. The zero-order chi connectivity index (χ0) is 20.6. The van der Waals surface area contributed by atoms with Crippen LogP contribution in [-0.4, -0.2) is 29.9 Å². The summed E-state index contributed by atoms with van der Waals surface area (Å²) in [6, 6.07) is 7.88. The molecule has 29 heavy (non-hydrogen) atoms. The molecule has 4 aromatic rings. The van der Waals surface area contributed by atoms with Crippen molar-refractivity contribution in [2.24, 2.45) is 0 Å². The summed E-state index contributed by atoms with van der Waals surface area (Å²) in [5.74, 6) is 1.77. The molecule has 4 rings (SSSR count). The van der Waals surface area contributed by atoms with E-state index in [1.54, 1.807) is 6.20 Å². The van der Waals surface area contributed by atoms with E-state index in [-0.39, 0.29) is 5.54 Å². The van der Waals surface area contributed by atoms with E-state index in [2.05, 4.69) is 60.2 Å². The maximum atomic E-state index is 4.72. The van der Waals surface area contributed by atoms with E-state index in [1.807, 2.05) is 47.5 Å². The molecule has 0 spiro atoms. The van der Waals surface area contributed by atoms with Gasteiger partial charge in [-0.15, -0.1) is 5.10 Å². The summed E-state index contributed by atoms with van der Waals surface area (Å²) in [4.78, 5) is 9.28. The molecule has 0 aliphatic carbocycles. The summed E-state index contributed by atoms with van der Waals surface area (Å²) in [5, 5.41) is 16.0. The highest BCUT2D eigenvalue weighted by atomic mass is 15.3. The second-order valence-electron chi connectivity index (χ2n) is 8.46. The van der Waals surface area contributed by atoms with Crippen LogP contribution in [0.25, 0.3) is 22.2 Å². The van der Waals surface area contributed by atoms with Gasteiger partial charge in [0.1, 0.15) is 5.82 Å². The van der Waals surface area contributed by atoms with E-state index in [0.29, 0.717) is 17.6 Å². The van der Waals surface area contributed by atoms with Crippen LogP contribution in [0, 0.1) is 0 Å². The standard InChI is InChI=1S/C22H25N7/c1-14(2)15-9-21(28-24-11-15)27-20-7-6-18-19(26-20)8-16(10-23-18)17-12-25-29(13-17)22(3,4)5/h6-14H,1-5H3,(H,26,27,28). The third kappa shape index (κ3) is 4.08. The molecule has 4 aromatic heterocycles. The Morgan fingerprint density at radius 3 is 2.48 bits per heavy atom. The Labute approximate surface area is 170 Å². The normalized spacial score (nSPS) is 11.9. The number of anilines is 2. The number of aromatic nitrogens is 6. The van der Waals surface area contributed by atoms with Crippen LogP contribution in [0.2, 0.25) is 0 Å². The fourth-order valence-electron chi connectivity index (χ4n) is 2.96. The van der Waals surface area contributed by atoms with E-state index in [4.69, 9.17) is 4.98 Å². The molecule has 0 fully saturated rings. The zero-order valence-corrected chi connectivity index (χ0v) is 17.4. The molecular formula is C22H25N7. The third-order valence-corrected chi connectivity index (χ3v) is 4.74. The number of nitrogens with one attached hydrogen (secondary N) is 1. The molecule has 4 heterocycles. The molecule has 0 bridgehead atoms. The molecule has 0 unspecified atom stereocenters. The van der Waals surface area contributed by atoms with Crippen LogP contribution in [0.3, 0.4) is 0 Å². The van der Waals surface area contributed by atoms with Crippen LogP contribution in [-0.2, 0) is 5.54 Å². The van der Waals surface area contributed by atoms with Crippen molar-refractivity contribution in [1.29, 1.82) is 0 Å². The van der Waals surface area contributed by atoms with Gasteiger partial charge in [-0.2, -0.15) is 10.2 Å². The average Bonchev–Trinajstić information content (AvgIpc) is 3.18. The van der Waals surface area contributed by atoms with Gasteiger partial charge in [-0.1, -0.05) is 13.8 Å². The number of hydrogen-bond donors (Lipinski definition) is 1. The highest BCUT2D eigenvalue weighted by molar-refractivity contribution is 5.81. The Morgan fingerprint density at radius 1 is 0.931 bits per heavy atom. The van der Waals surface area contributed by atoms with Crippen LogP contribution in [0.1, 0.15) is 46.1 Å². The fourth-order valence-corrected chi connectivity index (χ4v) is 2.96. The van der Waals surface area contributed by atoms with Gasteiger partial charge in [-0.25, -0.2) is 4.98 Å². The van der Waals surface area contributed by atoms with E-state index in [0.717, 1.165) is 27.7 Å². The minimum Gasteiger partial charge on any atom is -0.323 e. The highest BCUT2D eigenvalue weighted by Gasteiger charge is 2.15. The summed E-state index contributed by atoms with van der Waals surface area (Å²) in [6.45, 7) is 10.6. The number of rotatable bonds is 4. The quantitative estimate of drug-likeness (QED) is 0.536. The molecule has 0 radical (unpaired) electrons. The first-order valence-corrected chi connectivity index (χ1v) is 9.71. The van der Waals surface area contributed by atoms with E-state index >= 15 is 0 Å². The van der Waals surface area contributed by atoms with Crippen molar-refractivity contribution in [3.63, 3.8) is 0 Å². The summed E-state index contributed by atoms with van der Waals surface area (Å²) in [5.41, 5.74) is 4.71. The Morgan fingerprint density at radius 2 is 1.76 bits per heavy atom. The Bertz CT molecular complexity index is 1160. The highest BCUT2D eigenvalue weighted by Crippen LogP contribution is 2.25. The molecule has 148 valence electrons. The molecule has 1 N–H and O–H groups in total. The maximum absolute atomic E-state index is 4.72. The van der Waals surface area contributed by atoms with Gasteiger partial charge < -0.3 is 5.32 Å². The SMILES string of the molecule is CC(C)c1cnnc(Nc2ccc3ncc(-c4cnn(C(C)(C)C)c4)cc3n2)c1. The molecule has 0 saturated carbocycles. The molecule has 0 aliphatic heterocycles. The maximum Gasteiger partial charge on any atom is 0.154 e. The minimum atomic E-state index is -0.0660. The summed E-state index contributed by atoms with van der Waals surface area (Å²) in [6.07, 6.45) is 7.55. The predicted molar refractivity (Wildman–Crippen MR) is 115 cm³/mol.